The highest BCUT2D eigenvalue weighted by atomic mass is 16.2. The molecule has 0 bridgehead atoms. The van der Waals surface area contributed by atoms with Crippen LogP contribution in [0, 0.1) is 13.8 Å². The summed E-state index contributed by atoms with van der Waals surface area (Å²) < 4.78 is 0. The fraction of sp³-hybridized carbons (Fsp3) is 0.200. The Balaban J connectivity index is 1.64. The quantitative estimate of drug-likeness (QED) is 0.381. The number of carbonyl (C=O) groups is 2. The average Bonchev–Trinajstić information content (AvgIpc) is 2.82. The molecule has 0 spiro atoms. The molecular weight excluding hydrogens is 416 g/mol. The first-order valence-corrected chi connectivity index (χ1v) is 10.5. The van der Waals surface area contributed by atoms with Gasteiger partial charge in [0.25, 0.3) is 5.91 Å². The average molecular weight is 445 g/mol. The van der Waals surface area contributed by atoms with Crippen LogP contribution in [0.1, 0.15) is 16.7 Å². The maximum Gasteiger partial charge on any atom is 0.254 e. The lowest BCUT2D eigenvalue weighted by Crippen LogP contribution is -2.29. The first-order chi connectivity index (χ1) is 15.8. The lowest BCUT2D eigenvalue weighted by molar-refractivity contribution is -0.118. The zero-order valence-electron chi connectivity index (χ0n) is 19.0. The van der Waals surface area contributed by atoms with Crippen LogP contribution in [0.4, 0.5) is 11.5 Å². The van der Waals surface area contributed by atoms with E-state index in [1.54, 1.807) is 13.2 Å². The Labute approximate surface area is 193 Å². The van der Waals surface area contributed by atoms with Crippen molar-refractivity contribution in [3.8, 4) is 0 Å². The predicted octanol–water partition coefficient (Wildman–Crippen LogP) is 2.63. The van der Waals surface area contributed by atoms with Crippen LogP contribution in [0.2, 0.25) is 0 Å². The van der Waals surface area contributed by atoms with Crippen molar-refractivity contribution in [2.45, 2.75) is 20.4 Å². The number of benzene rings is 2. The third kappa shape index (κ3) is 5.35. The van der Waals surface area contributed by atoms with E-state index < -0.39 is 0 Å². The number of para-hydroxylation sites is 1. The Morgan fingerprint density at radius 3 is 2.58 bits per heavy atom. The van der Waals surface area contributed by atoms with Crippen LogP contribution in [0.25, 0.3) is 10.8 Å². The molecule has 5 N–H and O–H groups in total. The Bertz CT molecular complexity index is 1230. The Morgan fingerprint density at radius 2 is 1.88 bits per heavy atom. The van der Waals surface area contributed by atoms with Gasteiger partial charge in [-0.05, 0) is 60.2 Å². The van der Waals surface area contributed by atoms with Crippen LogP contribution in [-0.2, 0) is 16.1 Å². The molecule has 0 fully saturated rings. The van der Waals surface area contributed by atoms with Gasteiger partial charge < -0.3 is 21.7 Å². The van der Waals surface area contributed by atoms with E-state index in [1.165, 1.54) is 17.3 Å². The highest BCUT2D eigenvalue weighted by Gasteiger charge is 2.13. The number of fused-ring (bicyclic) bond motifs is 1. The van der Waals surface area contributed by atoms with Crippen molar-refractivity contribution in [2.24, 2.45) is 10.7 Å². The highest BCUT2D eigenvalue weighted by Crippen LogP contribution is 2.27. The second-order valence-electron chi connectivity index (χ2n) is 7.65. The number of likely N-dealkylation sites (N-methyl/N-ethyl adjacent to an activating group) is 1. The molecule has 0 aliphatic rings. The van der Waals surface area contributed by atoms with Crippen molar-refractivity contribution in [3.05, 3.63) is 77.1 Å². The number of pyridine rings is 1. The summed E-state index contributed by atoms with van der Waals surface area (Å²) >= 11 is 0. The molecule has 0 aliphatic carbocycles. The molecule has 170 valence electrons. The molecule has 8 heteroatoms. The van der Waals surface area contributed by atoms with Crippen molar-refractivity contribution in [1.82, 2.24) is 10.3 Å². The number of rotatable bonds is 7. The maximum absolute atomic E-state index is 12.6. The van der Waals surface area contributed by atoms with E-state index in [0.29, 0.717) is 12.4 Å². The standard InChI is InChI=1S/C25H28N6O2/c1-16-11-21-20(9-10-29-24(21)27)17(2)22(16)14-30-25(33)18(12-26)13-28-15-23(32)31(3)19-7-5-4-6-8-19/h4-13H,14-15,26H2,1-3H3,(H2,27,29)(H,30,33)/b18-12+,28-13?. The molecule has 0 atom stereocenters. The number of nitrogen functional groups attached to an aromatic ring is 1. The number of anilines is 2. The van der Waals surface area contributed by atoms with Crippen molar-refractivity contribution >= 4 is 40.3 Å². The van der Waals surface area contributed by atoms with Gasteiger partial charge in [-0.1, -0.05) is 18.2 Å². The molecule has 1 heterocycles. The highest BCUT2D eigenvalue weighted by molar-refractivity contribution is 6.12. The number of hydrogen-bond donors (Lipinski definition) is 3. The second kappa shape index (κ2) is 10.4. The molecular formula is C25H28N6O2. The minimum atomic E-state index is -0.377. The van der Waals surface area contributed by atoms with Crippen LogP contribution in [0.15, 0.2) is 65.4 Å². The molecule has 33 heavy (non-hydrogen) atoms. The number of hydrogen-bond acceptors (Lipinski definition) is 6. The molecule has 2 amide bonds. The first-order valence-electron chi connectivity index (χ1n) is 10.5. The molecule has 1 aromatic heterocycles. The molecule has 0 radical (unpaired) electrons. The summed E-state index contributed by atoms with van der Waals surface area (Å²) in [5, 5.41) is 4.76. The minimum absolute atomic E-state index is 0.103. The Morgan fingerprint density at radius 1 is 1.15 bits per heavy atom. The third-order valence-corrected chi connectivity index (χ3v) is 5.56. The summed E-state index contributed by atoms with van der Waals surface area (Å²) in [7, 11) is 1.68. The van der Waals surface area contributed by atoms with Crippen LogP contribution >= 0.6 is 0 Å². The van der Waals surface area contributed by atoms with E-state index in [-0.39, 0.29) is 23.9 Å². The molecule has 0 saturated heterocycles. The largest absolute Gasteiger partial charge is 0.404 e. The van der Waals surface area contributed by atoms with Gasteiger partial charge in [0, 0.05) is 43.3 Å². The van der Waals surface area contributed by atoms with Gasteiger partial charge in [0.15, 0.2) is 0 Å². The zero-order chi connectivity index (χ0) is 24.0. The van der Waals surface area contributed by atoms with Gasteiger partial charge >= 0.3 is 0 Å². The second-order valence-corrected chi connectivity index (χ2v) is 7.65. The smallest absolute Gasteiger partial charge is 0.254 e. The molecule has 0 saturated carbocycles. The molecule has 3 rings (SSSR count). The number of aromatic nitrogens is 1. The summed E-state index contributed by atoms with van der Waals surface area (Å²) in [6.07, 6.45) is 4.17. The lowest BCUT2D eigenvalue weighted by atomic mass is 9.96. The number of aryl methyl sites for hydroxylation is 2. The van der Waals surface area contributed by atoms with Crippen molar-refractivity contribution < 1.29 is 9.59 Å². The fourth-order valence-corrected chi connectivity index (χ4v) is 3.57. The lowest BCUT2D eigenvalue weighted by Gasteiger charge is -2.16. The number of nitrogens with two attached hydrogens (primary N) is 2. The topological polar surface area (TPSA) is 127 Å². The van der Waals surface area contributed by atoms with E-state index in [9.17, 15) is 9.59 Å². The van der Waals surface area contributed by atoms with E-state index >= 15 is 0 Å². The normalized spacial score (nSPS) is 11.7. The Kier molecular flexibility index (Phi) is 7.40. The summed E-state index contributed by atoms with van der Waals surface area (Å²) in [4.78, 5) is 34.7. The summed E-state index contributed by atoms with van der Waals surface area (Å²) in [5.74, 6) is -0.102. The molecule has 8 nitrogen and oxygen atoms in total. The minimum Gasteiger partial charge on any atom is -0.404 e. The van der Waals surface area contributed by atoms with Crippen molar-refractivity contribution in [1.29, 1.82) is 0 Å². The zero-order valence-corrected chi connectivity index (χ0v) is 19.0. The first kappa shape index (κ1) is 23.5. The van der Waals surface area contributed by atoms with Gasteiger partial charge in [-0.15, -0.1) is 0 Å². The van der Waals surface area contributed by atoms with Gasteiger partial charge in [0.05, 0.1) is 5.57 Å². The number of nitrogens with zero attached hydrogens (tertiary/aromatic N) is 3. The van der Waals surface area contributed by atoms with E-state index in [2.05, 4.69) is 15.3 Å². The molecule has 3 aromatic rings. The van der Waals surface area contributed by atoms with E-state index in [1.807, 2.05) is 56.3 Å². The van der Waals surface area contributed by atoms with E-state index in [0.717, 1.165) is 33.2 Å². The monoisotopic (exact) mass is 444 g/mol. The van der Waals surface area contributed by atoms with Gasteiger partial charge in [0.2, 0.25) is 5.91 Å². The van der Waals surface area contributed by atoms with Gasteiger partial charge in [-0.25, -0.2) is 4.98 Å². The number of carbonyl (C=O) groups excluding carboxylic acids is 2. The van der Waals surface area contributed by atoms with Crippen molar-refractivity contribution in [2.75, 3.05) is 24.2 Å². The number of amides is 2. The number of aliphatic imine (C=N–C) groups is 1. The van der Waals surface area contributed by atoms with Crippen LogP contribution in [0.3, 0.4) is 0 Å². The van der Waals surface area contributed by atoms with Gasteiger partial charge in [-0.2, -0.15) is 0 Å². The van der Waals surface area contributed by atoms with Crippen LogP contribution in [0.5, 0.6) is 0 Å². The summed E-state index contributed by atoms with van der Waals surface area (Å²) in [6, 6.07) is 13.1. The van der Waals surface area contributed by atoms with Crippen LogP contribution in [-0.4, -0.2) is 36.6 Å². The number of nitrogens with one attached hydrogen (secondary N) is 1. The van der Waals surface area contributed by atoms with Gasteiger partial charge in [-0.3, -0.25) is 14.6 Å². The molecule has 0 unspecified atom stereocenters. The van der Waals surface area contributed by atoms with Gasteiger partial charge in [0.1, 0.15) is 12.4 Å². The summed E-state index contributed by atoms with van der Waals surface area (Å²) in [6.45, 7) is 4.17. The molecule has 2 aromatic carbocycles. The Hall–Kier alpha value is -4.20. The van der Waals surface area contributed by atoms with Crippen LogP contribution < -0.4 is 21.7 Å². The fourth-order valence-electron chi connectivity index (χ4n) is 3.57. The third-order valence-electron chi connectivity index (χ3n) is 5.56. The maximum atomic E-state index is 12.6. The van der Waals surface area contributed by atoms with E-state index in [4.69, 9.17) is 11.5 Å². The molecule has 0 aliphatic heterocycles. The SMILES string of the molecule is Cc1cc2c(N)nccc2c(C)c1CNC(=O)/C(C=NCC(=O)N(C)c1ccccc1)=C/N. The predicted molar refractivity (Wildman–Crippen MR) is 133 cm³/mol. The summed E-state index contributed by atoms with van der Waals surface area (Å²) in [5.41, 5.74) is 15.6. The van der Waals surface area contributed by atoms with Crippen molar-refractivity contribution in [3.63, 3.8) is 0 Å².